The molecule has 3 heteroatoms. The summed E-state index contributed by atoms with van der Waals surface area (Å²) in [7, 11) is 2.25. The predicted molar refractivity (Wildman–Crippen MR) is 80.1 cm³/mol. The molecule has 0 aromatic rings. The van der Waals surface area contributed by atoms with Crippen LogP contribution in [0.25, 0.3) is 0 Å². The van der Waals surface area contributed by atoms with Gasteiger partial charge in [0.05, 0.1) is 0 Å². The van der Waals surface area contributed by atoms with E-state index in [4.69, 9.17) is 0 Å². The lowest BCUT2D eigenvalue weighted by atomic mass is 10.1. The topological polar surface area (TPSA) is 18.5 Å². The molecular formula is C15H33N3. The molecule has 0 spiro atoms. The van der Waals surface area contributed by atoms with Crippen LogP contribution in [0.1, 0.15) is 46.5 Å². The molecule has 0 saturated carbocycles. The maximum absolute atomic E-state index is 3.57. The van der Waals surface area contributed by atoms with Crippen LogP contribution < -0.4 is 5.32 Å². The summed E-state index contributed by atoms with van der Waals surface area (Å²) < 4.78 is 0. The van der Waals surface area contributed by atoms with Gasteiger partial charge in [0, 0.05) is 18.6 Å². The first-order valence-electron chi connectivity index (χ1n) is 7.79. The van der Waals surface area contributed by atoms with Gasteiger partial charge in [0.1, 0.15) is 0 Å². The Labute approximate surface area is 114 Å². The van der Waals surface area contributed by atoms with Gasteiger partial charge in [0.2, 0.25) is 0 Å². The van der Waals surface area contributed by atoms with Gasteiger partial charge in [-0.3, -0.25) is 4.90 Å². The van der Waals surface area contributed by atoms with Crippen LogP contribution in [-0.4, -0.2) is 61.7 Å². The van der Waals surface area contributed by atoms with Crippen molar-refractivity contribution in [3.05, 3.63) is 0 Å². The van der Waals surface area contributed by atoms with Crippen LogP contribution in [0.2, 0.25) is 0 Å². The highest BCUT2D eigenvalue weighted by molar-refractivity contribution is 4.75. The summed E-state index contributed by atoms with van der Waals surface area (Å²) in [4.78, 5) is 5.14. The predicted octanol–water partition coefficient (Wildman–Crippen LogP) is 2.18. The molecule has 1 fully saturated rings. The lowest BCUT2D eigenvalue weighted by molar-refractivity contribution is 0.197. The first-order chi connectivity index (χ1) is 8.63. The van der Waals surface area contributed by atoms with Gasteiger partial charge in [0.15, 0.2) is 0 Å². The van der Waals surface area contributed by atoms with Crippen molar-refractivity contribution in [3.63, 3.8) is 0 Å². The van der Waals surface area contributed by atoms with E-state index in [1.807, 2.05) is 0 Å². The van der Waals surface area contributed by atoms with Gasteiger partial charge in [-0.15, -0.1) is 0 Å². The van der Waals surface area contributed by atoms with Gasteiger partial charge in [-0.25, -0.2) is 0 Å². The van der Waals surface area contributed by atoms with Gasteiger partial charge in [-0.05, 0) is 72.8 Å². The quantitative estimate of drug-likeness (QED) is 0.752. The van der Waals surface area contributed by atoms with E-state index in [1.54, 1.807) is 0 Å². The van der Waals surface area contributed by atoms with Gasteiger partial charge in [-0.2, -0.15) is 0 Å². The summed E-state index contributed by atoms with van der Waals surface area (Å²) >= 11 is 0. The summed E-state index contributed by atoms with van der Waals surface area (Å²) in [6, 6.07) is 1.39. The lowest BCUT2D eigenvalue weighted by Gasteiger charge is -2.28. The average molecular weight is 255 g/mol. The van der Waals surface area contributed by atoms with Crippen LogP contribution >= 0.6 is 0 Å². The molecule has 2 unspecified atom stereocenters. The molecule has 1 rings (SSSR count). The van der Waals surface area contributed by atoms with E-state index in [9.17, 15) is 0 Å². The molecule has 1 aliphatic heterocycles. The summed E-state index contributed by atoms with van der Waals surface area (Å²) in [5, 5.41) is 3.57. The smallest absolute Gasteiger partial charge is 0.0194 e. The first kappa shape index (κ1) is 15.9. The fraction of sp³-hybridized carbons (Fsp3) is 1.00. The minimum absolute atomic E-state index is 0.676. The van der Waals surface area contributed by atoms with Crippen molar-refractivity contribution in [1.29, 1.82) is 0 Å². The summed E-state index contributed by atoms with van der Waals surface area (Å²) in [5.41, 5.74) is 0. The molecule has 18 heavy (non-hydrogen) atoms. The zero-order valence-corrected chi connectivity index (χ0v) is 12.9. The molecule has 3 nitrogen and oxygen atoms in total. The zero-order valence-electron chi connectivity index (χ0n) is 12.9. The second-order valence-electron chi connectivity index (χ2n) is 6.00. The van der Waals surface area contributed by atoms with Gasteiger partial charge in [0.25, 0.3) is 0 Å². The van der Waals surface area contributed by atoms with Crippen molar-refractivity contribution in [1.82, 2.24) is 15.1 Å². The fourth-order valence-corrected chi connectivity index (χ4v) is 2.85. The standard InChI is InChI=1S/C15H33N3/c1-5-9-16-14(2)8-6-11-18-12-7-10-17(4)13-15(18)3/h14-16H,5-13H2,1-4H3. The molecule has 0 radical (unpaired) electrons. The maximum atomic E-state index is 3.57. The van der Waals surface area contributed by atoms with Crippen molar-refractivity contribution < 1.29 is 0 Å². The number of hydrogen-bond donors (Lipinski definition) is 1. The van der Waals surface area contributed by atoms with E-state index in [1.165, 1.54) is 51.9 Å². The monoisotopic (exact) mass is 255 g/mol. The highest BCUT2D eigenvalue weighted by Gasteiger charge is 2.18. The highest BCUT2D eigenvalue weighted by Crippen LogP contribution is 2.10. The van der Waals surface area contributed by atoms with Crippen LogP contribution in [0.3, 0.4) is 0 Å². The first-order valence-corrected chi connectivity index (χ1v) is 7.79. The van der Waals surface area contributed by atoms with Crippen molar-refractivity contribution in [2.75, 3.05) is 39.8 Å². The van der Waals surface area contributed by atoms with Crippen LogP contribution in [0.15, 0.2) is 0 Å². The molecule has 0 aliphatic carbocycles. The lowest BCUT2D eigenvalue weighted by Crippen LogP contribution is -2.39. The summed E-state index contributed by atoms with van der Waals surface area (Å²) in [5.74, 6) is 0. The molecule has 0 aromatic heterocycles. The third-order valence-corrected chi connectivity index (χ3v) is 4.01. The van der Waals surface area contributed by atoms with E-state index in [0.29, 0.717) is 6.04 Å². The van der Waals surface area contributed by atoms with Crippen LogP contribution in [-0.2, 0) is 0 Å². The van der Waals surface area contributed by atoms with E-state index in [-0.39, 0.29) is 0 Å². The normalized spacial score (nSPS) is 25.0. The Morgan fingerprint density at radius 1 is 1.33 bits per heavy atom. The molecular weight excluding hydrogens is 222 g/mol. The molecule has 0 aromatic carbocycles. The maximum Gasteiger partial charge on any atom is 0.0194 e. The van der Waals surface area contributed by atoms with Gasteiger partial charge >= 0.3 is 0 Å². The summed E-state index contributed by atoms with van der Waals surface area (Å²) in [6.07, 6.45) is 5.19. The fourth-order valence-electron chi connectivity index (χ4n) is 2.85. The van der Waals surface area contributed by atoms with Crippen molar-refractivity contribution in [2.45, 2.75) is 58.5 Å². The Kier molecular flexibility index (Phi) is 7.87. The molecule has 1 heterocycles. The third-order valence-electron chi connectivity index (χ3n) is 4.01. The van der Waals surface area contributed by atoms with Crippen molar-refractivity contribution in [3.8, 4) is 0 Å². The second-order valence-corrected chi connectivity index (χ2v) is 6.00. The molecule has 1 N–H and O–H groups in total. The van der Waals surface area contributed by atoms with E-state index in [2.05, 4.69) is 42.9 Å². The number of likely N-dealkylation sites (N-methyl/N-ethyl adjacent to an activating group) is 1. The Morgan fingerprint density at radius 2 is 2.11 bits per heavy atom. The minimum Gasteiger partial charge on any atom is -0.314 e. The van der Waals surface area contributed by atoms with Gasteiger partial charge in [-0.1, -0.05) is 6.92 Å². The van der Waals surface area contributed by atoms with E-state index in [0.717, 1.165) is 12.6 Å². The Morgan fingerprint density at radius 3 is 2.83 bits per heavy atom. The largest absolute Gasteiger partial charge is 0.314 e. The number of hydrogen-bond acceptors (Lipinski definition) is 3. The molecule has 2 atom stereocenters. The molecule has 1 saturated heterocycles. The number of nitrogens with zero attached hydrogens (tertiary/aromatic N) is 2. The Bertz CT molecular complexity index is 208. The average Bonchev–Trinajstić information content (AvgIpc) is 2.48. The van der Waals surface area contributed by atoms with Crippen molar-refractivity contribution >= 4 is 0 Å². The number of nitrogens with one attached hydrogen (secondary N) is 1. The molecule has 0 bridgehead atoms. The highest BCUT2D eigenvalue weighted by atomic mass is 15.2. The van der Waals surface area contributed by atoms with Crippen LogP contribution in [0, 0.1) is 0 Å². The van der Waals surface area contributed by atoms with E-state index < -0.39 is 0 Å². The van der Waals surface area contributed by atoms with Crippen LogP contribution in [0.5, 0.6) is 0 Å². The minimum atomic E-state index is 0.676. The number of rotatable bonds is 7. The molecule has 0 amide bonds. The SMILES string of the molecule is CCCNC(C)CCCN1CCCN(C)CC1C. The van der Waals surface area contributed by atoms with Crippen molar-refractivity contribution in [2.24, 2.45) is 0 Å². The Hall–Kier alpha value is -0.120. The molecule has 1 aliphatic rings. The Balaban J connectivity index is 2.17. The third kappa shape index (κ3) is 6.17. The molecule has 108 valence electrons. The summed E-state index contributed by atoms with van der Waals surface area (Å²) in [6.45, 7) is 13.1. The van der Waals surface area contributed by atoms with Crippen LogP contribution in [0.4, 0.5) is 0 Å². The van der Waals surface area contributed by atoms with E-state index >= 15 is 0 Å². The zero-order chi connectivity index (χ0) is 13.4. The van der Waals surface area contributed by atoms with Gasteiger partial charge < -0.3 is 10.2 Å². The second kappa shape index (κ2) is 8.89.